The zero-order valence-corrected chi connectivity index (χ0v) is 16.2. The standard InChI is InChI=1S/C21H19FN6O2/c1-2-5-18-26-21(30-27-18)14-8-9-23-19(10-14)28-12-17(25-13-28)20(29)24-11-15-6-3-4-7-16(15)22/h3-4,6-10,12-13H,2,5,11H2,1H3,(H,24,29). The lowest BCUT2D eigenvalue weighted by molar-refractivity contribution is 0.0946. The Hall–Kier alpha value is -3.88. The van der Waals surface area contributed by atoms with Gasteiger partial charge in [-0.05, 0) is 24.6 Å². The van der Waals surface area contributed by atoms with Crippen LogP contribution in [0.25, 0.3) is 17.3 Å². The number of benzene rings is 1. The van der Waals surface area contributed by atoms with Gasteiger partial charge < -0.3 is 9.84 Å². The summed E-state index contributed by atoms with van der Waals surface area (Å²) in [7, 11) is 0. The molecule has 8 nitrogen and oxygen atoms in total. The molecule has 1 amide bonds. The molecule has 0 aliphatic rings. The van der Waals surface area contributed by atoms with E-state index in [-0.39, 0.29) is 18.1 Å². The summed E-state index contributed by atoms with van der Waals surface area (Å²) >= 11 is 0. The van der Waals surface area contributed by atoms with Crippen molar-refractivity contribution in [2.75, 3.05) is 0 Å². The highest BCUT2D eigenvalue weighted by atomic mass is 19.1. The largest absolute Gasteiger partial charge is 0.346 e. The number of amides is 1. The number of aryl methyl sites for hydroxylation is 1. The summed E-state index contributed by atoms with van der Waals surface area (Å²) in [5.41, 5.74) is 1.32. The Kier molecular flexibility index (Phi) is 5.60. The van der Waals surface area contributed by atoms with Crippen molar-refractivity contribution in [1.82, 2.24) is 30.0 Å². The first kappa shape index (κ1) is 19.4. The number of rotatable bonds is 7. The molecule has 9 heteroatoms. The van der Waals surface area contributed by atoms with E-state index in [9.17, 15) is 9.18 Å². The first-order valence-electron chi connectivity index (χ1n) is 9.49. The molecule has 0 bridgehead atoms. The Morgan fingerprint density at radius 2 is 2.10 bits per heavy atom. The third-order valence-corrected chi connectivity index (χ3v) is 4.41. The van der Waals surface area contributed by atoms with Gasteiger partial charge in [0.1, 0.15) is 23.7 Å². The number of nitrogens with one attached hydrogen (secondary N) is 1. The summed E-state index contributed by atoms with van der Waals surface area (Å²) in [6.07, 6.45) is 6.33. The summed E-state index contributed by atoms with van der Waals surface area (Å²) in [5.74, 6) is 0.831. The second kappa shape index (κ2) is 8.64. The van der Waals surface area contributed by atoms with Crippen molar-refractivity contribution >= 4 is 5.91 Å². The summed E-state index contributed by atoms with van der Waals surface area (Å²) < 4.78 is 20.6. The van der Waals surface area contributed by atoms with Crippen molar-refractivity contribution in [3.63, 3.8) is 0 Å². The molecule has 4 aromatic rings. The molecule has 0 atom stereocenters. The van der Waals surface area contributed by atoms with Crippen LogP contribution in [0.15, 0.2) is 59.6 Å². The fourth-order valence-electron chi connectivity index (χ4n) is 2.86. The monoisotopic (exact) mass is 406 g/mol. The van der Waals surface area contributed by atoms with Crippen LogP contribution < -0.4 is 5.32 Å². The van der Waals surface area contributed by atoms with E-state index in [2.05, 4.69) is 25.4 Å². The quantitative estimate of drug-likeness (QED) is 0.505. The molecule has 1 aromatic carbocycles. The van der Waals surface area contributed by atoms with Gasteiger partial charge >= 0.3 is 0 Å². The molecule has 152 valence electrons. The Morgan fingerprint density at radius 3 is 2.93 bits per heavy atom. The predicted molar refractivity (Wildman–Crippen MR) is 106 cm³/mol. The second-order valence-electron chi connectivity index (χ2n) is 6.61. The molecular formula is C21H19FN6O2. The number of aromatic nitrogens is 5. The number of carbonyl (C=O) groups is 1. The van der Waals surface area contributed by atoms with E-state index in [1.165, 1.54) is 12.4 Å². The van der Waals surface area contributed by atoms with Gasteiger partial charge in [0, 0.05) is 36.5 Å². The highest BCUT2D eigenvalue weighted by Crippen LogP contribution is 2.19. The van der Waals surface area contributed by atoms with Crippen LogP contribution in [0.5, 0.6) is 0 Å². The van der Waals surface area contributed by atoms with Crippen LogP contribution in [0.1, 0.15) is 35.2 Å². The van der Waals surface area contributed by atoms with Crippen molar-refractivity contribution in [3.05, 3.63) is 78.0 Å². The van der Waals surface area contributed by atoms with Crippen molar-refractivity contribution in [1.29, 1.82) is 0 Å². The van der Waals surface area contributed by atoms with Crippen LogP contribution >= 0.6 is 0 Å². The molecular weight excluding hydrogens is 387 g/mol. The Morgan fingerprint density at radius 1 is 1.23 bits per heavy atom. The van der Waals surface area contributed by atoms with Crippen LogP contribution in [0.3, 0.4) is 0 Å². The topological polar surface area (TPSA) is 98.7 Å². The molecule has 3 aromatic heterocycles. The molecule has 3 heterocycles. The highest BCUT2D eigenvalue weighted by molar-refractivity contribution is 5.92. The van der Waals surface area contributed by atoms with E-state index in [1.807, 2.05) is 6.92 Å². The van der Waals surface area contributed by atoms with Crippen molar-refractivity contribution < 1.29 is 13.7 Å². The number of carbonyl (C=O) groups excluding carboxylic acids is 1. The number of halogens is 1. The molecule has 0 saturated carbocycles. The maximum absolute atomic E-state index is 13.7. The molecule has 30 heavy (non-hydrogen) atoms. The maximum atomic E-state index is 13.7. The van der Waals surface area contributed by atoms with Crippen LogP contribution in [-0.4, -0.2) is 30.6 Å². The van der Waals surface area contributed by atoms with Crippen LogP contribution in [-0.2, 0) is 13.0 Å². The summed E-state index contributed by atoms with van der Waals surface area (Å²) in [4.78, 5) is 25.2. The molecule has 0 saturated heterocycles. The third kappa shape index (κ3) is 4.24. The average molecular weight is 406 g/mol. The molecule has 0 aliphatic carbocycles. The van der Waals surface area contributed by atoms with Crippen molar-refractivity contribution in [2.24, 2.45) is 0 Å². The third-order valence-electron chi connectivity index (χ3n) is 4.41. The number of imidazole rings is 1. The summed E-state index contributed by atoms with van der Waals surface area (Å²) in [5, 5.41) is 6.62. The van der Waals surface area contributed by atoms with E-state index >= 15 is 0 Å². The van der Waals surface area contributed by atoms with Crippen LogP contribution in [0, 0.1) is 5.82 Å². The lowest BCUT2D eigenvalue weighted by Crippen LogP contribution is -2.23. The van der Waals surface area contributed by atoms with Gasteiger partial charge in [0.2, 0.25) is 0 Å². The van der Waals surface area contributed by atoms with Gasteiger partial charge in [0.15, 0.2) is 5.82 Å². The SMILES string of the molecule is CCCc1noc(-c2ccnc(-n3cnc(C(=O)NCc4ccccc4F)c3)c2)n1. The molecule has 4 rings (SSSR count). The smallest absolute Gasteiger partial charge is 0.271 e. The molecule has 0 spiro atoms. The number of pyridine rings is 1. The van der Waals surface area contributed by atoms with E-state index in [4.69, 9.17) is 4.52 Å². The Bertz CT molecular complexity index is 1170. The van der Waals surface area contributed by atoms with Gasteiger partial charge in [-0.2, -0.15) is 4.98 Å². The van der Waals surface area contributed by atoms with Crippen LogP contribution in [0.2, 0.25) is 0 Å². The number of hydrogen-bond acceptors (Lipinski definition) is 6. The normalized spacial score (nSPS) is 10.9. The zero-order chi connectivity index (χ0) is 20.9. The minimum absolute atomic E-state index is 0.0728. The summed E-state index contributed by atoms with van der Waals surface area (Å²) in [6, 6.07) is 9.82. The van der Waals surface area contributed by atoms with Gasteiger partial charge in [-0.1, -0.05) is 30.3 Å². The lowest BCUT2D eigenvalue weighted by atomic mass is 10.2. The minimum atomic E-state index is -0.408. The molecule has 0 radical (unpaired) electrons. The van der Waals surface area contributed by atoms with Crippen LogP contribution in [0.4, 0.5) is 4.39 Å². The number of nitrogens with zero attached hydrogens (tertiary/aromatic N) is 5. The lowest BCUT2D eigenvalue weighted by Gasteiger charge is -2.04. The minimum Gasteiger partial charge on any atom is -0.346 e. The van der Waals surface area contributed by atoms with E-state index in [1.54, 1.807) is 47.3 Å². The fourth-order valence-corrected chi connectivity index (χ4v) is 2.86. The highest BCUT2D eigenvalue weighted by Gasteiger charge is 2.13. The van der Waals surface area contributed by atoms with Gasteiger partial charge in [-0.3, -0.25) is 9.36 Å². The number of hydrogen-bond donors (Lipinski definition) is 1. The van der Waals surface area contributed by atoms with Gasteiger partial charge in [0.25, 0.3) is 11.8 Å². The molecule has 1 N–H and O–H groups in total. The molecule has 0 fully saturated rings. The first-order chi connectivity index (χ1) is 14.6. The maximum Gasteiger partial charge on any atom is 0.271 e. The van der Waals surface area contributed by atoms with Gasteiger partial charge in [-0.15, -0.1) is 0 Å². The van der Waals surface area contributed by atoms with Crippen molar-refractivity contribution in [3.8, 4) is 17.3 Å². The molecule has 0 aliphatic heterocycles. The fraction of sp³-hybridized carbons (Fsp3) is 0.190. The second-order valence-corrected chi connectivity index (χ2v) is 6.61. The Balaban J connectivity index is 1.48. The van der Waals surface area contributed by atoms with E-state index < -0.39 is 5.91 Å². The van der Waals surface area contributed by atoms with Crippen molar-refractivity contribution in [2.45, 2.75) is 26.3 Å². The zero-order valence-electron chi connectivity index (χ0n) is 16.2. The van der Waals surface area contributed by atoms with E-state index in [0.717, 1.165) is 12.8 Å². The predicted octanol–water partition coefficient (Wildman–Crippen LogP) is 3.34. The van der Waals surface area contributed by atoms with Gasteiger partial charge in [-0.25, -0.2) is 14.4 Å². The Labute approximate surface area is 171 Å². The van der Waals surface area contributed by atoms with E-state index in [0.29, 0.717) is 28.7 Å². The average Bonchev–Trinajstić information content (AvgIpc) is 3.44. The first-order valence-corrected chi connectivity index (χ1v) is 9.49. The summed E-state index contributed by atoms with van der Waals surface area (Å²) in [6.45, 7) is 2.12. The molecule has 0 unspecified atom stereocenters. The van der Waals surface area contributed by atoms with Gasteiger partial charge in [0.05, 0.1) is 0 Å².